The van der Waals surface area contributed by atoms with Crippen molar-refractivity contribution >= 4 is 13.6 Å². The molecule has 2 rings (SSSR count). The van der Waals surface area contributed by atoms with E-state index >= 15 is 0 Å². The molecule has 1 aromatic rings. The summed E-state index contributed by atoms with van der Waals surface area (Å²) in [6.45, 7) is 0. The maximum absolute atomic E-state index is 3.07. The first-order valence-electron chi connectivity index (χ1n) is 5.19. The standard InChI is InChI=1S/C12H15.BrH.Zn/c1-3-7-11(8-4-1)12-9-5-2-6-10-12;;/h5-6,9-11H,1,3-4,7-8H2;1H;/q-1;;+2/p-1. The molecule has 0 amide bonds. The van der Waals surface area contributed by atoms with Gasteiger partial charge in [-0.05, 0) is 18.8 Å². The number of benzene rings is 1. The van der Waals surface area contributed by atoms with Gasteiger partial charge in [-0.1, -0.05) is 19.3 Å². The van der Waals surface area contributed by atoms with E-state index in [0.717, 1.165) is 5.92 Å². The maximum atomic E-state index is 3.07. The minimum Gasteiger partial charge on any atom is -0.184 e. The van der Waals surface area contributed by atoms with Crippen molar-refractivity contribution in [3.8, 4) is 0 Å². The first-order chi connectivity index (χ1) is 6.97. The molecule has 72 valence electrons. The van der Waals surface area contributed by atoms with Gasteiger partial charge in [0.25, 0.3) is 0 Å². The zero-order valence-electron chi connectivity index (χ0n) is 8.51. The van der Waals surface area contributed by atoms with E-state index in [1.54, 1.807) is 0 Å². The van der Waals surface area contributed by atoms with Gasteiger partial charge in [0, 0.05) is 0 Å². The van der Waals surface area contributed by atoms with Gasteiger partial charge in [0.1, 0.15) is 0 Å². The summed E-state index contributed by atoms with van der Waals surface area (Å²) in [5.41, 5.74) is 1.52. The summed E-state index contributed by atoms with van der Waals surface area (Å²) >= 11 is 4.25. The van der Waals surface area contributed by atoms with Gasteiger partial charge in [-0.15, -0.1) is 0 Å². The molecule has 0 unspecified atom stereocenters. The largest absolute Gasteiger partial charge is 0.184 e. The van der Waals surface area contributed by atoms with Gasteiger partial charge in [0.15, 0.2) is 0 Å². The second-order valence-electron chi connectivity index (χ2n) is 3.67. The predicted molar refractivity (Wildman–Crippen MR) is 60.0 cm³/mol. The van der Waals surface area contributed by atoms with E-state index in [0.29, 0.717) is 0 Å². The first kappa shape index (κ1) is 12.4. The number of hydrogen-bond acceptors (Lipinski definition) is 0. The fraction of sp³-hybridized carbons (Fsp3) is 0.500. The number of rotatable bonds is 1. The maximum Gasteiger partial charge on any atom is -0.0386 e. The second-order valence-corrected chi connectivity index (χ2v) is 3.67. The quantitative estimate of drug-likeness (QED) is 0.533. The molecule has 1 aliphatic rings. The van der Waals surface area contributed by atoms with Crippen LogP contribution in [0.15, 0.2) is 24.3 Å². The molecule has 2 heteroatoms. The minimum atomic E-state index is 0.841. The molecule has 14 heavy (non-hydrogen) atoms. The van der Waals surface area contributed by atoms with E-state index in [1.807, 2.05) is 12.1 Å². The van der Waals surface area contributed by atoms with Crippen LogP contribution in [0.3, 0.4) is 0 Å². The van der Waals surface area contributed by atoms with Crippen molar-refractivity contribution in [3.05, 3.63) is 35.9 Å². The van der Waals surface area contributed by atoms with Gasteiger partial charge in [0.05, 0.1) is 0 Å². The second kappa shape index (κ2) is 7.59. The fourth-order valence-electron chi connectivity index (χ4n) is 2.11. The topological polar surface area (TPSA) is 0 Å². The van der Waals surface area contributed by atoms with Crippen LogP contribution >= 0.6 is 13.6 Å². The Morgan fingerprint density at radius 1 is 1.07 bits per heavy atom. The molecule has 0 heterocycles. The van der Waals surface area contributed by atoms with E-state index in [1.165, 1.54) is 54.0 Å². The monoisotopic (exact) mass is 302 g/mol. The van der Waals surface area contributed by atoms with Crippen LogP contribution in [0, 0.1) is 6.07 Å². The summed E-state index contributed by atoms with van der Waals surface area (Å²) in [6.07, 6.45) is 7.07. The number of hydrogen-bond donors (Lipinski definition) is 0. The molecule has 0 nitrogen and oxygen atoms in total. The van der Waals surface area contributed by atoms with E-state index in [-0.39, 0.29) is 0 Å². The Balaban J connectivity index is 0.000000461. The normalized spacial score (nSPS) is 17.1. The van der Waals surface area contributed by atoms with Crippen molar-refractivity contribution in [3.63, 3.8) is 0 Å². The smallest absolute Gasteiger partial charge is 0.0386 e. The summed E-state index contributed by atoms with van der Waals surface area (Å²) < 4.78 is 0. The summed E-state index contributed by atoms with van der Waals surface area (Å²) in [7, 11) is 0. The number of halogens is 1. The first-order valence-corrected chi connectivity index (χ1v) is 12.1. The third-order valence-corrected chi connectivity index (χ3v) is 2.82. The zero-order valence-corrected chi connectivity index (χ0v) is 13.1. The van der Waals surface area contributed by atoms with Crippen LogP contribution in [0.2, 0.25) is 0 Å². The van der Waals surface area contributed by atoms with Crippen LogP contribution in [0.4, 0.5) is 0 Å². The molecule has 0 aliphatic heterocycles. The van der Waals surface area contributed by atoms with E-state index in [9.17, 15) is 0 Å². The van der Waals surface area contributed by atoms with Gasteiger partial charge >= 0.3 is 30.0 Å². The molecule has 0 spiro atoms. The van der Waals surface area contributed by atoms with Gasteiger partial charge in [-0.2, -0.15) is 35.9 Å². The minimum absolute atomic E-state index is 0.841. The Hall–Kier alpha value is 0.323. The summed E-state index contributed by atoms with van der Waals surface area (Å²) in [5.74, 6) is 0.841. The van der Waals surface area contributed by atoms with Crippen LogP contribution in [-0.4, -0.2) is 0 Å². The molecule has 0 bridgehead atoms. The Morgan fingerprint density at radius 2 is 1.64 bits per heavy atom. The molecule has 0 aromatic heterocycles. The van der Waals surface area contributed by atoms with E-state index < -0.39 is 0 Å². The molecule has 0 N–H and O–H groups in total. The molecule has 1 aliphatic carbocycles. The fourth-order valence-corrected chi connectivity index (χ4v) is 2.11. The molecular formula is C12H15BrZn. The molecule has 1 fully saturated rings. The summed E-state index contributed by atoms with van der Waals surface area (Å²) in [6, 6.07) is 11.6. The van der Waals surface area contributed by atoms with Crippen LogP contribution < -0.4 is 0 Å². The summed E-state index contributed by atoms with van der Waals surface area (Å²) in [5, 5.41) is 0. The van der Waals surface area contributed by atoms with E-state index in [4.69, 9.17) is 0 Å². The van der Waals surface area contributed by atoms with Gasteiger partial charge < -0.3 is 0 Å². The third kappa shape index (κ3) is 3.83. The molecule has 0 radical (unpaired) electrons. The average Bonchev–Trinajstić information content (AvgIpc) is 2.34. The van der Waals surface area contributed by atoms with Crippen LogP contribution in [-0.2, 0) is 16.3 Å². The van der Waals surface area contributed by atoms with Crippen molar-refractivity contribution in [2.75, 3.05) is 0 Å². The molecule has 1 saturated carbocycles. The van der Waals surface area contributed by atoms with Crippen molar-refractivity contribution < 1.29 is 16.3 Å². The van der Waals surface area contributed by atoms with Gasteiger partial charge in [-0.25, -0.2) is 0 Å². The molecule has 1 aromatic carbocycles. The van der Waals surface area contributed by atoms with Gasteiger partial charge in [-0.3, -0.25) is 0 Å². The summed E-state index contributed by atoms with van der Waals surface area (Å²) in [4.78, 5) is 0. The van der Waals surface area contributed by atoms with Crippen LogP contribution in [0.25, 0.3) is 0 Å². The predicted octanol–water partition coefficient (Wildman–Crippen LogP) is 4.38. The van der Waals surface area contributed by atoms with Crippen molar-refractivity contribution in [2.45, 2.75) is 38.0 Å². The Labute approximate surface area is 104 Å². The van der Waals surface area contributed by atoms with Crippen molar-refractivity contribution in [1.29, 1.82) is 0 Å². The molecule has 0 atom stereocenters. The zero-order chi connectivity index (χ0) is 10.2. The van der Waals surface area contributed by atoms with Crippen LogP contribution in [0.1, 0.15) is 43.6 Å². The Kier molecular flexibility index (Phi) is 6.72. The van der Waals surface area contributed by atoms with Crippen LogP contribution in [0.5, 0.6) is 0 Å². The Morgan fingerprint density at radius 3 is 2.21 bits per heavy atom. The van der Waals surface area contributed by atoms with Crippen molar-refractivity contribution in [1.82, 2.24) is 0 Å². The van der Waals surface area contributed by atoms with Crippen molar-refractivity contribution in [2.24, 2.45) is 0 Å². The average molecular weight is 305 g/mol. The molecule has 0 saturated heterocycles. The van der Waals surface area contributed by atoms with E-state index in [2.05, 4.69) is 31.8 Å². The third-order valence-electron chi connectivity index (χ3n) is 2.82. The van der Waals surface area contributed by atoms with Gasteiger partial charge in [0.2, 0.25) is 0 Å². The molecular weight excluding hydrogens is 289 g/mol. The SMILES string of the molecule is [Zn+][Br].[c-]1ccc(C2CCCCC2)cc1. The Bertz CT molecular complexity index is 229.